The molecule has 0 saturated carbocycles. The molecule has 0 bridgehead atoms. The van der Waals surface area contributed by atoms with Crippen molar-refractivity contribution < 1.29 is 4.42 Å². The number of oxazole rings is 1. The average molecular weight is 217 g/mol. The van der Waals surface area contributed by atoms with Gasteiger partial charge in [0.1, 0.15) is 5.52 Å². The summed E-state index contributed by atoms with van der Waals surface area (Å²) in [4.78, 5) is 8.61. The van der Waals surface area contributed by atoms with Gasteiger partial charge in [-0.05, 0) is 44.0 Å². The minimum Gasteiger partial charge on any atom is -0.422 e. The van der Waals surface area contributed by atoms with Crippen LogP contribution in [0.4, 0.5) is 0 Å². The van der Waals surface area contributed by atoms with Crippen molar-refractivity contribution in [2.75, 3.05) is 13.1 Å². The zero-order valence-corrected chi connectivity index (χ0v) is 9.15. The van der Waals surface area contributed by atoms with Crippen molar-refractivity contribution in [1.82, 2.24) is 15.3 Å². The maximum absolute atomic E-state index is 5.63. The lowest BCUT2D eigenvalue weighted by Crippen LogP contribution is -2.28. The van der Waals surface area contributed by atoms with E-state index in [2.05, 4.69) is 15.3 Å². The van der Waals surface area contributed by atoms with Crippen LogP contribution < -0.4 is 5.32 Å². The van der Waals surface area contributed by atoms with Gasteiger partial charge in [0.25, 0.3) is 0 Å². The van der Waals surface area contributed by atoms with E-state index in [9.17, 15) is 0 Å². The smallest absolute Gasteiger partial charge is 0.246 e. The molecule has 2 aromatic rings. The van der Waals surface area contributed by atoms with E-state index < -0.39 is 0 Å². The molecule has 16 heavy (non-hydrogen) atoms. The van der Waals surface area contributed by atoms with Gasteiger partial charge in [-0.2, -0.15) is 0 Å². The molecular formula is C12H15N3O. The second kappa shape index (κ2) is 4.22. The summed E-state index contributed by atoms with van der Waals surface area (Å²) in [6, 6.07) is 3.83. The SMILES string of the molecule is c1cnc2oc(CC3CCNCC3)nc2c1. The third-order valence-corrected chi connectivity index (χ3v) is 3.13. The molecule has 1 saturated heterocycles. The molecule has 0 unspecified atom stereocenters. The first-order chi connectivity index (χ1) is 7.92. The number of piperidine rings is 1. The van der Waals surface area contributed by atoms with Crippen molar-refractivity contribution >= 4 is 11.2 Å². The number of fused-ring (bicyclic) bond motifs is 1. The molecule has 1 fully saturated rings. The predicted molar refractivity (Wildman–Crippen MR) is 61.1 cm³/mol. The summed E-state index contributed by atoms with van der Waals surface area (Å²) in [6.45, 7) is 2.23. The lowest BCUT2D eigenvalue weighted by Gasteiger charge is -2.20. The Balaban J connectivity index is 1.78. The van der Waals surface area contributed by atoms with Crippen LogP contribution in [0.15, 0.2) is 22.7 Å². The lowest BCUT2D eigenvalue weighted by molar-refractivity contribution is 0.345. The minimum atomic E-state index is 0.659. The molecule has 4 nitrogen and oxygen atoms in total. The molecule has 0 spiro atoms. The molecule has 0 atom stereocenters. The molecular weight excluding hydrogens is 202 g/mol. The highest BCUT2D eigenvalue weighted by Crippen LogP contribution is 2.20. The largest absolute Gasteiger partial charge is 0.422 e. The van der Waals surface area contributed by atoms with Gasteiger partial charge in [0.2, 0.25) is 5.71 Å². The Labute approximate surface area is 94.1 Å². The van der Waals surface area contributed by atoms with Gasteiger partial charge in [-0.25, -0.2) is 9.97 Å². The van der Waals surface area contributed by atoms with Gasteiger partial charge in [-0.15, -0.1) is 0 Å². The molecule has 1 aliphatic heterocycles. The van der Waals surface area contributed by atoms with Crippen molar-refractivity contribution in [3.8, 4) is 0 Å². The van der Waals surface area contributed by atoms with Crippen LogP contribution in [0.5, 0.6) is 0 Å². The minimum absolute atomic E-state index is 0.659. The van der Waals surface area contributed by atoms with Crippen molar-refractivity contribution in [2.45, 2.75) is 19.3 Å². The summed E-state index contributed by atoms with van der Waals surface area (Å²) in [7, 11) is 0. The van der Waals surface area contributed by atoms with Gasteiger partial charge >= 0.3 is 0 Å². The lowest BCUT2D eigenvalue weighted by atomic mass is 9.95. The molecule has 1 N–H and O–H groups in total. The third kappa shape index (κ3) is 1.93. The van der Waals surface area contributed by atoms with Crippen molar-refractivity contribution in [2.24, 2.45) is 5.92 Å². The summed E-state index contributed by atoms with van der Waals surface area (Å²) in [5.74, 6) is 1.54. The van der Waals surface area contributed by atoms with E-state index in [1.165, 1.54) is 12.8 Å². The molecule has 0 amide bonds. The van der Waals surface area contributed by atoms with Crippen LogP contribution in [0.2, 0.25) is 0 Å². The summed E-state index contributed by atoms with van der Waals surface area (Å²) < 4.78 is 5.63. The predicted octanol–water partition coefficient (Wildman–Crippen LogP) is 1.76. The van der Waals surface area contributed by atoms with Crippen LogP contribution in [-0.4, -0.2) is 23.1 Å². The van der Waals surface area contributed by atoms with Crippen LogP contribution in [-0.2, 0) is 6.42 Å². The number of rotatable bonds is 2. The Bertz CT molecular complexity index is 441. The van der Waals surface area contributed by atoms with E-state index in [4.69, 9.17) is 4.42 Å². The molecule has 3 rings (SSSR count). The van der Waals surface area contributed by atoms with Crippen LogP contribution in [0.1, 0.15) is 18.7 Å². The molecule has 0 aromatic carbocycles. The van der Waals surface area contributed by atoms with E-state index in [1.54, 1.807) is 6.20 Å². The topological polar surface area (TPSA) is 51.0 Å². The number of nitrogens with one attached hydrogen (secondary N) is 1. The first-order valence-corrected chi connectivity index (χ1v) is 5.83. The Morgan fingerprint density at radius 1 is 1.38 bits per heavy atom. The Kier molecular flexibility index (Phi) is 2.58. The summed E-state index contributed by atoms with van der Waals surface area (Å²) in [5, 5.41) is 3.36. The summed E-state index contributed by atoms with van der Waals surface area (Å²) >= 11 is 0. The van der Waals surface area contributed by atoms with E-state index in [0.717, 1.165) is 30.9 Å². The quantitative estimate of drug-likeness (QED) is 0.832. The first kappa shape index (κ1) is 9.78. The van der Waals surface area contributed by atoms with Crippen molar-refractivity contribution in [1.29, 1.82) is 0 Å². The fourth-order valence-electron chi connectivity index (χ4n) is 2.23. The Morgan fingerprint density at radius 2 is 2.25 bits per heavy atom. The fourth-order valence-corrected chi connectivity index (χ4v) is 2.23. The highest BCUT2D eigenvalue weighted by atomic mass is 16.4. The van der Waals surface area contributed by atoms with Gasteiger partial charge in [0, 0.05) is 12.6 Å². The van der Waals surface area contributed by atoms with E-state index >= 15 is 0 Å². The number of nitrogens with zero attached hydrogens (tertiary/aromatic N) is 2. The van der Waals surface area contributed by atoms with Crippen molar-refractivity contribution in [3.63, 3.8) is 0 Å². The Hall–Kier alpha value is -1.42. The van der Waals surface area contributed by atoms with Crippen LogP contribution in [0, 0.1) is 5.92 Å². The van der Waals surface area contributed by atoms with Crippen LogP contribution >= 0.6 is 0 Å². The van der Waals surface area contributed by atoms with E-state index in [0.29, 0.717) is 11.6 Å². The molecule has 1 aliphatic rings. The number of aromatic nitrogens is 2. The number of pyridine rings is 1. The highest BCUT2D eigenvalue weighted by molar-refractivity contribution is 5.67. The zero-order chi connectivity index (χ0) is 10.8. The first-order valence-electron chi connectivity index (χ1n) is 5.83. The second-order valence-electron chi connectivity index (χ2n) is 4.33. The van der Waals surface area contributed by atoms with Gasteiger partial charge in [-0.1, -0.05) is 0 Å². The highest BCUT2D eigenvalue weighted by Gasteiger charge is 2.16. The average Bonchev–Trinajstić information content (AvgIpc) is 2.72. The van der Waals surface area contributed by atoms with Gasteiger partial charge in [0.15, 0.2) is 5.89 Å². The standard InChI is InChI=1S/C12H15N3O/c1-2-10-12(14-5-1)16-11(15-10)8-9-3-6-13-7-4-9/h1-2,5,9,13H,3-4,6-8H2. The molecule has 0 radical (unpaired) electrons. The number of hydrogen-bond donors (Lipinski definition) is 1. The second-order valence-corrected chi connectivity index (χ2v) is 4.33. The fraction of sp³-hybridized carbons (Fsp3) is 0.500. The van der Waals surface area contributed by atoms with E-state index in [-0.39, 0.29) is 0 Å². The molecule has 3 heterocycles. The van der Waals surface area contributed by atoms with Crippen LogP contribution in [0.25, 0.3) is 11.2 Å². The molecule has 0 aliphatic carbocycles. The summed E-state index contributed by atoms with van der Waals surface area (Å²) in [5.41, 5.74) is 1.53. The maximum atomic E-state index is 5.63. The van der Waals surface area contributed by atoms with E-state index in [1.807, 2.05) is 12.1 Å². The number of hydrogen-bond acceptors (Lipinski definition) is 4. The molecule has 2 aromatic heterocycles. The summed E-state index contributed by atoms with van der Waals surface area (Å²) in [6.07, 6.45) is 5.11. The van der Waals surface area contributed by atoms with Gasteiger partial charge in [-0.3, -0.25) is 0 Å². The third-order valence-electron chi connectivity index (χ3n) is 3.13. The zero-order valence-electron chi connectivity index (χ0n) is 9.15. The normalized spacial score (nSPS) is 18.0. The van der Waals surface area contributed by atoms with Gasteiger partial charge in [0.05, 0.1) is 0 Å². The van der Waals surface area contributed by atoms with Crippen LogP contribution in [0.3, 0.4) is 0 Å². The monoisotopic (exact) mass is 217 g/mol. The maximum Gasteiger partial charge on any atom is 0.246 e. The Morgan fingerprint density at radius 3 is 3.06 bits per heavy atom. The van der Waals surface area contributed by atoms with Gasteiger partial charge < -0.3 is 9.73 Å². The molecule has 4 heteroatoms. The molecule has 84 valence electrons. The van der Waals surface area contributed by atoms with Crippen molar-refractivity contribution in [3.05, 3.63) is 24.2 Å².